The van der Waals surface area contributed by atoms with Crippen LogP contribution in [0.25, 0.3) is 0 Å². The molecule has 3 rings (SSSR count). The Bertz CT molecular complexity index is 703. The first-order valence-corrected chi connectivity index (χ1v) is 7.34. The highest BCUT2D eigenvalue weighted by atomic mass is 32.2. The second kappa shape index (κ2) is 5.57. The maximum Gasteiger partial charge on any atom is 0.255 e. The van der Waals surface area contributed by atoms with E-state index < -0.39 is 0 Å². The van der Waals surface area contributed by atoms with Gasteiger partial charge in [-0.3, -0.25) is 14.6 Å². The van der Waals surface area contributed by atoms with Crippen molar-refractivity contribution in [2.24, 2.45) is 0 Å². The number of hydrogen-bond acceptors (Lipinski definition) is 4. The SMILES string of the molecule is CC1Sc2ccc(C(=O)Nc3cccnc3)cc2NC1=O. The van der Waals surface area contributed by atoms with E-state index in [0.717, 1.165) is 4.90 Å². The lowest BCUT2D eigenvalue weighted by molar-refractivity contribution is -0.115. The van der Waals surface area contributed by atoms with Crippen LogP contribution in [-0.4, -0.2) is 22.0 Å². The van der Waals surface area contributed by atoms with Gasteiger partial charge < -0.3 is 10.6 Å². The number of anilines is 2. The van der Waals surface area contributed by atoms with Crippen molar-refractivity contribution in [2.45, 2.75) is 17.1 Å². The average molecular weight is 299 g/mol. The molecule has 0 radical (unpaired) electrons. The normalized spacial score (nSPS) is 16.8. The van der Waals surface area contributed by atoms with Crippen molar-refractivity contribution in [3.63, 3.8) is 0 Å². The van der Waals surface area contributed by atoms with Crippen molar-refractivity contribution < 1.29 is 9.59 Å². The highest BCUT2D eigenvalue weighted by Gasteiger charge is 2.23. The lowest BCUT2D eigenvalue weighted by Gasteiger charge is -2.21. The van der Waals surface area contributed by atoms with Crippen molar-refractivity contribution in [1.82, 2.24) is 4.98 Å². The number of thioether (sulfide) groups is 1. The van der Waals surface area contributed by atoms with Gasteiger partial charge in [0.2, 0.25) is 5.91 Å². The summed E-state index contributed by atoms with van der Waals surface area (Å²) >= 11 is 1.49. The third-order valence-corrected chi connectivity index (χ3v) is 4.27. The molecule has 1 aromatic heterocycles. The maximum atomic E-state index is 12.2. The first-order valence-electron chi connectivity index (χ1n) is 6.46. The fourth-order valence-corrected chi connectivity index (χ4v) is 2.92. The molecule has 1 aromatic carbocycles. The molecule has 106 valence electrons. The number of rotatable bonds is 2. The standard InChI is InChI=1S/C15H13N3O2S/c1-9-14(19)18-12-7-10(4-5-13(12)21-9)15(20)17-11-3-2-6-16-8-11/h2-9H,1H3,(H,17,20)(H,18,19). The summed E-state index contributed by atoms with van der Waals surface area (Å²) in [5.41, 5.74) is 1.81. The molecular weight excluding hydrogens is 286 g/mol. The van der Waals surface area contributed by atoms with Crippen molar-refractivity contribution in [2.75, 3.05) is 10.6 Å². The number of carbonyl (C=O) groups excluding carboxylic acids is 2. The lowest BCUT2D eigenvalue weighted by atomic mass is 10.1. The number of pyridine rings is 1. The number of amides is 2. The molecule has 0 spiro atoms. The highest BCUT2D eigenvalue weighted by molar-refractivity contribution is 8.00. The number of nitrogens with zero attached hydrogens (tertiary/aromatic N) is 1. The molecular formula is C15H13N3O2S. The molecule has 1 aliphatic rings. The van der Waals surface area contributed by atoms with Crippen LogP contribution in [0.4, 0.5) is 11.4 Å². The Balaban J connectivity index is 1.82. The van der Waals surface area contributed by atoms with E-state index in [1.54, 1.807) is 36.7 Å². The molecule has 1 unspecified atom stereocenters. The van der Waals surface area contributed by atoms with Crippen LogP contribution in [-0.2, 0) is 4.79 Å². The van der Waals surface area contributed by atoms with Gasteiger partial charge >= 0.3 is 0 Å². The lowest BCUT2D eigenvalue weighted by Crippen LogP contribution is -2.26. The van der Waals surface area contributed by atoms with Crippen molar-refractivity contribution in [1.29, 1.82) is 0 Å². The van der Waals surface area contributed by atoms with E-state index in [1.807, 2.05) is 13.0 Å². The highest BCUT2D eigenvalue weighted by Crippen LogP contribution is 2.35. The monoisotopic (exact) mass is 299 g/mol. The average Bonchev–Trinajstić information content (AvgIpc) is 2.49. The van der Waals surface area contributed by atoms with Crippen LogP contribution in [0, 0.1) is 0 Å². The number of aromatic nitrogens is 1. The van der Waals surface area contributed by atoms with Gasteiger partial charge in [0.1, 0.15) is 0 Å². The quantitative estimate of drug-likeness (QED) is 0.894. The minimum absolute atomic E-state index is 0.0442. The zero-order valence-electron chi connectivity index (χ0n) is 11.3. The molecule has 0 saturated carbocycles. The van der Waals surface area contributed by atoms with E-state index in [9.17, 15) is 9.59 Å². The molecule has 1 aliphatic heterocycles. The summed E-state index contributed by atoms with van der Waals surface area (Å²) in [6.07, 6.45) is 3.22. The summed E-state index contributed by atoms with van der Waals surface area (Å²) in [5, 5.41) is 5.46. The van der Waals surface area contributed by atoms with E-state index in [-0.39, 0.29) is 17.1 Å². The molecule has 5 nitrogen and oxygen atoms in total. The minimum Gasteiger partial charge on any atom is -0.324 e. The molecule has 1 atom stereocenters. The zero-order valence-corrected chi connectivity index (χ0v) is 12.1. The molecule has 0 bridgehead atoms. The Morgan fingerprint density at radius 3 is 3.00 bits per heavy atom. The van der Waals surface area contributed by atoms with E-state index in [4.69, 9.17) is 0 Å². The van der Waals surface area contributed by atoms with Gasteiger partial charge in [-0.2, -0.15) is 0 Å². The fourth-order valence-electron chi connectivity index (χ4n) is 1.99. The Hall–Kier alpha value is -2.34. The largest absolute Gasteiger partial charge is 0.324 e. The topological polar surface area (TPSA) is 71.1 Å². The number of nitrogens with one attached hydrogen (secondary N) is 2. The first-order chi connectivity index (χ1) is 10.1. The van der Waals surface area contributed by atoms with E-state index in [2.05, 4.69) is 15.6 Å². The smallest absolute Gasteiger partial charge is 0.255 e. The van der Waals surface area contributed by atoms with Gasteiger partial charge in [0.05, 0.1) is 22.8 Å². The predicted molar refractivity (Wildman–Crippen MR) is 82.6 cm³/mol. The van der Waals surface area contributed by atoms with Gasteiger partial charge in [-0.05, 0) is 37.3 Å². The van der Waals surface area contributed by atoms with Crippen LogP contribution < -0.4 is 10.6 Å². The van der Waals surface area contributed by atoms with Crippen LogP contribution in [0.2, 0.25) is 0 Å². The van der Waals surface area contributed by atoms with Gasteiger partial charge in [-0.15, -0.1) is 11.8 Å². The van der Waals surface area contributed by atoms with Gasteiger partial charge in [0.15, 0.2) is 0 Å². The predicted octanol–water partition coefficient (Wildman–Crippen LogP) is 2.77. The second-order valence-corrected chi connectivity index (χ2v) is 6.04. The molecule has 0 fully saturated rings. The summed E-state index contributed by atoms with van der Waals surface area (Å²) in [7, 11) is 0. The maximum absolute atomic E-state index is 12.2. The zero-order chi connectivity index (χ0) is 14.8. The molecule has 0 aliphatic carbocycles. The van der Waals surface area contributed by atoms with Gasteiger partial charge in [0.25, 0.3) is 5.91 Å². The summed E-state index contributed by atoms with van der Waals surface area (Å²) in [5.74, 6) is -0.277. The number of carbonyl (C=O) groups is 2. The third-order valence-electron chi connectivity index (χ3n) is 3.09. The van der Waals surface area contributed by atoms with Gasteiger partial charge in [-0.1, -0.05) is 0 Å². The van der Waals surface area contributed by atoms with Crippen molar-refractivity contribution in [3.05, 3.63) is 48.3 Å². The van der Waals surface area contributed by atoms with Crippen LogP contribution in [0.3, 0.4) is 0 Å². The molecule has 21 heavy (non-hydrogen) atoms. The summed E-state index contributed by atoms with van der Waals surface area (Å²) < 4.78 is 0. The molecule has 2 N–H and O–H groups in total. The van der Waals surface area contributed by atoms with Crippen molar-refractivity contribution >= 4 is 35.0 Å². The summed E-state index contributed by atoms with van der Waals surface area (Å²) in [4.78, 5) is 28.8. The Labute approximate surface area is 126 Å². The molecule has 6 heteroatoms. The summed E-state index contributed by atoms with van der Waals surface area (Å²) in [6.45, 7) is 1.85. The number of hydrogen-bond donors (Lipinski definition) is 2. The first kappa shape index (κ1) is 13.6. The molecule has 2 amide bonds. The number of fused-ring (bicyclic) bond motifs is 1. The summed E-state index contributed by atoms with van der Waals surface area (Å²) in [6, 6.07) is 8.82. The van der Waals surface area contributed by atoms with Gasteiger partial charge in [-0.25, -0.2) is 0 Å². The van der Waals surface area contributed by atoms with E-state index in [1.165, 1.54) is 11.8 Å². The van der Waals surface area contributed by atoms with E-state index >= 15 is 0 Å². The molecule has 0 saturated heterocycles. The Kier molecular flexibility index (Phi) is 3.62. The fraction of sp³-hybridized carbons (Fsp3) is 0.133. The molecule has 2 aromatic rings. The Morgan fingerprint density at radius 1 is 1.38 bits per heavy atom. The van der Waals surface area contributed by atoms with Crippen LogP contribution in [0.15, 0.2) is 47.6 Å². The van der Waals surface area contributed by atoms with Crippen LogP contribution in [0.1, 0.15) is 17.3 Å². The van der Waals surface area contributed by atoms with E-state index in [0.29, 0.717) is 16.9 Å². The minimum atomic E-state index is -0.233. The second-order valence-electron chi connectivity index (χ2n) is 4.66. The molecule has 2 heterocycles. The van der Waals surface area contributed by atoms with Crippen molar-refractivity contribution in [3.8, 4) is 0 Å². The van der Waals surface area contributed by atoms with Crippen LogP contribution >= 0.6 is 11.8 Å². The van der Waals surface area contributed by atoms with Crippen LogP contribution in [0.5, 0.6) is 0 Å². The number of benzene rings is 1. The Morgan fingerprint density at radius 2 is 2.24 bits per heavy atom. The van der Waals surface area contributed by atoms with Gasteiger partial charge in [0, 0.05) is 16.7 Å². The third kappa shape index (κ3) is 2.90.